The van der Waals surface area contributed by atoms with Crippen molar-refractivity contribution >= 4 is 6.29 Å². The van der Waals surface area contributed by atoms with Gasteiger partial charge >= 0.3 is 0 Å². The highest BCUT2D eigenvalue weighted by Gasteiger charge is 2.14. The second kappa shape index (κ2) is 5.16. The minimum atomic E-state index is -0.249. The van der Waals surface area contributed by atoms with Crippen LogP contribution < -0.4 is 0 Å². The Morgan fingerprint density at radius 3 is 2.25 bits per heavy atom. The van der Waals surface area contributed by atoms with E-state index in [-0.39, 0.29) is 11.5 Å². The minimum absolute atomic E-state index is 0.192. The first-order chi connectivity index (χ1) is 7.65. The monoisotopic (exact) mass is 218 g/mol. The van der Waals surface area contributed by atoms with Crippen molar-refractivity contribution < 1.29 is 15.0 Å². The molecule has 0 amide bonds. The Kier molecular flexibility index (Phi) is 3.89. The van der Waals surface area contributed by atoms with E-state index in [1.165, 1.54) is 0 Å². The lowest BCUT2D eigenvalue weighted by Crippen LogP contribution is -1.96. The van der Waals surface area contributed by atoms with E-state index in [2.05, 4.69) is 13.2 Å². The number of aromatic hydroxyl groups is 2. The summed E-state index contributed by atoms with van der Waals surface area (Å²) in [6, 6.07) is 1.56. The lowest BCUT2D eigenvalue weighted by atomic mass is 9.98. The number of carbonyl (C=O) groups excluding carboxylic acids is 1. The van der Waals surface area contributed by atoms with E-state index >= 15 is 0 Å². The molecule has 0 saturated carbocycles. The van der Waals surface area contributed by atoms with Crippen LogP contribution in [0.5, 0.6) is 11.5 Å². The highest BCUT2D eigenvalue weighted by Crippen LogP contribution is 2.35. The lowest BCUT2D eigenvalue weighted by molar-refractivity contribution is 0.112. The molecule has 0 atom stereocenters. The third-order valence-corrected chi connectivity index (χ3v) is 2.33. The largest absolute Gasteiger partial charge is 0.504 e. The Labute approximate surface area is 94.4 Å². The Morgan fingerprint density at radius 2 is 1.75 bits per heavy atom. The molecule has 0 saturated heterocycles. The number of carbonyl (C=O) groups is 1. The van der Waals surface area contributed by atoms with Crippen LogP contribution in [0.4, 0.5) is 0 Å². The molecule has 2 N–H and O–H groups in total. The van der Waals surface area contributed by atoms with Crippen LogP contribution in [0, 0.1) is 0 Å². The molecule has 0 aromatic heterocycles. The normalized spacial score (nSPS) is 9.75. The van der Waals surface area contributed by atoms with Crippen molar-refractivity contribution in [3.63, 3.8) is 0 Å². The fourth-order valence-electron chi connectivity index (χ4n) is 1.55. The fraction of sp³-hybridized carbons (Fsp3) is 0.154. The first kappa shape index (κ1) is 12.0. The zero-order valence-corrected chi connectivity index (χ0v) is 8.94. The average Bonchev–Trinajstić information content (AvgIpc) is 2.29. The molecule has 0 radical (unpaired) electrons. The van der Waals surface area contributed by atoms with Gasteiger partial charge in [-0.2, -0.15) is 0 Å². The molecule has 0 aliphatic heterocycles. The lowest BCUT2D eigenvalue weighted by Gasteiger charge is -2.11. The summed E-state index contributed by atoms with van der Waals surface area (Å²) >= 11 is 0. The van der Waals surface area contributed by atoms with Crippen LogP contribution in [-0.4, -0.2) is 16.5 Å². The molecule has 0 aliphatic carbocycles. The smallest absolute Gasteiger partial charge is 0.162 e. The van der Waals surface area contributed by atoms with Crippen molar-refractivity contribution in [1.82, 2.24) is 0 Å². The summed E-state index contributed by atoms with van der Waals surface area (Å²) in [5.41, 5.74) is 1.25. The number of aldehydes is 1. The Balaban J connectivity index is 3.40. The summed E-state index contributed by atoms with van der Waals surface area (Å²) in [6.07, 6.45) is 4.55. The molecule has 0 bridgehead atoms. The van der Waals surface area contributed by atoms with Crippen molar-refractivity contribution in [2.75, 3.05) is 0 Å². The maximum absolute atomic E-state index is 10.9. The Morgan fingerprint density at radius 1 is 1.12 bits per heavy atom. The highest BCUT2D eigenvalue weighted by atomic mass is 16.3. The topological polar surface area (TPSA) is 57.5 Å². The van der Waals surface area contributed by atoms with E-state index < -0.39 is 0 Å². The van der Waals surface area contributed by atoms with E-state index in [1.807, 2.05) is 0 Å². The second-order valence-corrected chi connectivity index (χ2v) is 3.40. The van der Waals surface area contributed by atoms with Gasteiger partial charge in [-0.05, 0) is 18.9 Å². The fourth-order valence-corrected chi connectivity index (χ4v) is 1.55. The van der Waals surface area contributed by atoms with E-state index in [0.29, 0.717) is 35.8 Å². The molecule has 3 heteroatoms. The Bertz CT molecular complexity index is 433. The number of hydrogen-bond donors (Lipinski definition) is 2. The molecule has 84 valence electrons. The summed E-state index contributed by atoms with van der Waals surface area (Å²) in [4.78, 5) is 10.9. The van der Waals surface area contributed by atoms with Crippen molar-refractivity contribution in [2.45, 2.75) is 12.8 Å². The number of allylic oxidation sites excluding steroid dienone is 2. The molecule has 0 unspecified atom stereocenters. The third-order valence-electron chi connectivity index (χ3n) is 2.33. The summed E-state index contributed by atoms with van der Waals surface area (Å²) in [5.74, 6) is -0.441. The molecule has 16 heavy (non-hydrogen) atoms. The van der Waals surface area contributed by atoms with Crippen LogP contribution in [0.2, 0.25) is 0 Å². The number of benzene rings is 1. The molecule has 1 aromatic carbocycles. The van der Waals surface area contributed by atoms with Gasteiger partial charge in [0.05, 0.1) is 0 Å². The highest BCUT2D eigenvalue weighted by molar-refractivity contribution is 5.81. The van der Waals surface area contributed by atoms with Gasteiger partial charge in [0.25, 0.3) is 0 Å². The molecule has 0 spiro atoms. The maximum atomic E-state index is 10.9. The van der Waals surface area contributed by atoms with Crippen molar-refractivity contribution in [3.05, 3.63) is 48.1 Å². The molecular weight excluding hydrogens is 204 g/mol. The molecular formula is C13H14O3. The SMILES string of the molecule is C=CCc1cc(C=O)c(CC=C)c(O)c1O. The quantitative estimate of drug-likeness (QED) is 0.453. The van der Waals surface area contributed by atoms with Crippen LogP contribution in [0.1, 0.15) is 21.5 Å². The molecule has 1 aromatic rings. The molecule has 0 fully saturated rings. The van der Waals surface area contributed by atoms with E-state index in [1.54, 1.807) is 18.2 Å². The summed E-state index contributed by atoms with van der Waals surface area (Å²) in [6.45, 7) is 7.08. The summed E-state index contributed by atoms with van der Waals surface area (Å²) in [5, 5.41) is 19.5. The predicted octanol–water partition coefficient (Wildman–Crippen LogP) is 2.37. The summed E-state index contributed by atoms with van der Waals surface area (Å²) < 4.78 is 0. The van der Waals surface area contributed by atoms with Crippen LogP contribution in [0.3, 0.4) is 0 Å². The molecule has 1 rings (SSSR count). The number of hydrogen-bond acceptors (Lipinski definition) is 3. The van der Waals surface area contributed by atoms with E-state index in [9.17, 15) is 15.0 Å². The number of phenols is 2. The van der Waals surface area contributed by atoms with Crippen molar-refractivity contribution in [2.24, 2.45) is 0 Å². The average molecular weight is 218 g/mol. The number of rotatable bonds is 5. The van der Waals surface area contributed by atoms with Crippen LogP contribution in [0.15, 0.2) is 31.4 Å². The first-order valence-electron chi connectivity index (χ1n) is 4.89. The van der Waals surface area contributed by atoms with Gasteiger partial charge in [0.15, 0.2) is 11.5 Å². The van der Waals surface area contributed by atoms with Gasteiger partial charge in [-0.25, -0.2) is 0 Å². The molecule has 0 aliphatic rings. The van der Waals surface area contributed by atoms with Gasteiger partial charge in [0.1, 0.15) is 6.29 Å². The predicted molar refractivity (Wildman–Crippen MR) is 63.0 cm³/mol. The van der Waals surface area contributed by atoms with E-state index in [0.717, 1.165) is 0 Å². The first-order valence-corrected chi connectivity index (χ1v) is 4.89. The molecule has 3 nitrogen and oxygen atoms in total. The zero-order valence-electron chi connectivity index (χ0n) is 8.94. The van der Waals surface area contributed by atoms with Gasteiger partial charge in [-0.15, -0.1) is 13.2 Å². The van der Waals surface area contributed by atoms with Gasteiger partial charge < -0.3 is 10.2 Å². The maximum Gasteiger partial charge on any atom is 0.162 e. The third kappa shape index (κ3) is 2.14. The van der Waals surface area contributed by atoms with Gasteiger partial charge in [-0.1, -0.05) is 12.2 Å². The van der Waals surface area contributed by atoms with Crippen LogP contribution in [0.25, 0.3) is 0 Å². The van der Waals surface area contributed by atoms with Crippen molar-refractivity contribution in [3.8, 4) is 11.5 Å². The zero-order chi connectivity index (χ0) is 12.1. The second-order valence-electron chi connectivity index (χ2n) is 3.40. The van der Waals surface area contributed by atoms with Gasteiger partial charge in [0, 0.05) is 16.7 Å². The summed E-state index contributed by atoms with van der Waals surface area (Å²) in [7, 11) is 0. The Hall–Kier alpha value is -2.03. The number of phenolic OH excluding ortho intramolecular Hbond substituents is 2. The molecule has 0 heterocycles. The van der Waals surface area contributed by atoms with Gasteiger partial charge in [-0.3, -0.25) is 4.79 Å². The standard InChI is InChI=1S/C13H14O3/c1-3-5-9-7-10(8-14)11(6-4-2)13(16)12(9)15/h3-4,7-8,15-16H,1-2,5-6H2. The van der Waals surface area contributed by atoms with Crippen molar-refractivity contribution in [1.29, 1.82) is 0 Å². The van der Waals surface area contributed by atoms with Gasteiger partial charge in [0.2, 0.25) is 0 Å². The van der Waals surface area contributed by atoms with Crippen LogP contribution in [-0.2, 0) is 12.8 Å². The van der Waals surface area contributed by atoms with E-state index in [4.69, 9.17) is 0 Å². The van der Waals surface area contributed by atoms with Crippen LogP contribution >= 0.6 is 0 Å². The minimum Gasteiger partial charge on any atom is -0.504 e.